The molecular weight excluding hydrogens is 236 g/mol. The molecule has 0 saturated carbocycles. The van der Waals surface area contributed by atoms with Gasteiger partial charge in [0.25, 0.3) is 0 Å². The quantitative estimate of drug-likeness (QED) is 0.772. The minimum atomic E-state index is -0.204. The lowest BCUT2D eigenvalue weighted by Gasteiger charge is -2.33. The van der Waals surface area contributed by atoms with E-state index >= 15 is 0 Å². The zero-order chi connectivity index (χ0) is 13.2. The van der Waals surface area contributed by atoms with Crippen molar-refractivity contribution in [2.45, 2.75) is 38.1 Å². The first-order valence-electron chi connectivity index (χ1n) is 7.06. The van der Waals surface area contributed by atoms with Crippen LogP contribution in [0.25, 0.3) is 0 Å². The Morgan fingerprint density at radius 1 is 1.21 bits per heavy atom. The normalized spacial score (nSPS) is 22.9. The van der Waals surface area contributed by atoms with Crippen LogP contribution in [0.5, 0.6) is 0 Å². The zero-order valence-corrected chi connectivity index (χ0v) is 11.0. The molecule has 1 aliphatic carbocycles. The standard InChI is InChI=1S/C16H18N2O/c17-11-15-7-3-4-8-18(15)16(19)14-9-12-5-1-2-6-13(12)10-14/h1-2,5-6,14-15H,3-4,7-10H2. The summed E-state index contributed by atoms with van der Waals surface area (Å²) in [5.74, 6) is 0.230. The maximum Gasteiger partial charge on any atom is 0.227 e. The van der Waals surface area contributed by atoms with Crippen LogP contribution in [-0.4, -0.2) is 23.4 Å². The van der Waals surface area contributed by atoms with Gasteiger partial charge in [0, 0.05) is 12.5 Å². The minimum Gasteiger partial charge on any atom is -0.326 e. The SMILES string of the molecule is N#CC1CCCCN1C(=O)C1Cc2ccccc2C1. The number of carbonyl (C=O) groups excluding carboxylic acids is 1. The number of amides is 1. The molecule has 3 rings (SSSR count). The highest BCUT2D eigenvalue weighted by Gasteiger charge is 2.34. The van der Waals surface area contributed by atoms with E-state index in [1.54, 1.807) is 0 Å². The molecular formula is C16H18N2O. The Labute approximate surface area is 113 Å². The summed E-state index contributed by atoms with van der Waals surface area (Å²) in [4.78, 5) is 14.4. The third-order valence-electron chi connectivity index (χ3n) is 4.34. The lowest BCUT2D eigenvalue weighted by molar-refractivity contribution is -0.137. The fourth-order valence-electron chi connectivity index (χ4n) is 3.30. The Balaban J connectivity index is 1.74. The molecule has 1 unspecified atom stereocenters. The second kappa shape index (κ2) is 5.05. The van der Waals surface area contributed by atoms with Gasteiger partial charge in [0.2, 0.25) is 5.91 Å². The van der Waals surface area contributed by atoms with Crippen molar-refractivity contribution in [1.82, 2.24) is 4.90 Å². The van der Waals surface area contributed by atoms with Crippen LogP contribution in [0.3, 0.4) is 0 Å². The van der Waals surface area contributed by atoms with E-state index in [0.29, 0.717) is 0 Å². The molecule has 19 heavy (non-hydrogen) atoms. The molecule has 1 amide bonds. The van der Waals surface area contributed by atoms with E-state index in [4.69, 9.17) is 0 Å². The van der Waals surface area contributed by atoms with E-state index < -0.39 is 0 Å². The van der Waals surface area contributed by atoms with Gasteiger partial charge in [-0.25, -0.2) is 0 Å². The van der Waals surface area contributed by atoms with E-state index in [0.717, 1.165) is 38.6 Å². The number of benzene rings is 1. The Hall–Kier alpha value is -1.82. The molecule has 0 spiro atoms. The summed E-state index contributed by atoms with van der Waals surface area (Å²) >= 11 is 0. The fourth-order valence-corrected chi connectivity index (χ4v) is 3.30. The molecule has 1 atom stereocenters. The molecule has 3 heteroatoms. The summed E-state index contributed by atoms with van der Waals surface area (Å²) in [6.07, 6.45) is 4.60. The molecule has 2 aliphatic rings. The predicted octanol–water partition coefficient (Wildman–Crippen LogP) is 2.31. The number of hydrogen-bond acceptors (Lipinski definition) is 2. The van der Waals surface area contributed by atoms with Crippen LogP contribution in [0.1, 0.15) is 30.4 Å². The topological polar surface area (TPSA) is 44.1 Å². The second-order valence-electron chi connectivity index (χ2n) is 5.55. The number of likely N-dealkylation sites (tertiary alicyclic amines) is 1. The number of hydrogen-bond donors (Lipinski definition) is 0. The van der Waals surface area contributed by atoms with Crippen LogP contribution in [0.4, 0.5) is 0 Å². The fraction of sp³-hybridized carbons (Fsp3) is 0.500. The smallest absolute Gasteiger partial charge is 0.227 e. The number of fused-ring (bicyclic) bond motifs is 1. The summed E-state index contributed by atoms with van der Waals surface area (Å²) in [7, 11) is 0. The summed E-state index contributed by atoms with van der Waals surface area (Å²) < 4.78 is 0. The molecule has 1 aliphatic heterocycles. The molecule has 1 fully saturated rings. The number of carbonyl (C=O) groups is 1. The van der Waals surface area contributed by atoms with Crippen LogP contribution in [0.15, 0.2) is 24.3 Å². The lowest BCUT2D eigenvalue weighted by Crippen LogP contribution is -2.46. The molecule has 1 aromatic rings. The van der Waals surface area contributed by atoms with Gasteiger partial charge in [-0.3, -0.25) is 4.79 Å². The van der Waals surface area contributed by atoms with E-state index in [1.807, 2.05) is 17.0 Å². The zero-order valence-electron chi connectivity index (χ0n) is 11.0. The third kappa shape index (κ3) is 2.23. The maximum absolute atomic E-state index is 12.6. The van der Waals surface area contributed by atoms with E-state index in [-0.39, 0.29) is 17.9 Å². The molecule has 0 aromatic heterocycles. The third-order valence-corrected chi connectivity index (χ3v) is 4.34. The maximum atomic E-state index is 12.6. The first kappa shape index (κ1) is 12.2. The summed E-state index contributed by atoms with van der Waals surface area (Å²) in [6.45, 7) is 0.754. The van der Waals surface area contributed by atoms with Crippen molar-refractivity contribution in [2.75, 3.05) is 6.54 Å². The van der Waals surface area contributed by atoms with Crippen LogP contribution >= 0.6 is 0 Å². The highest BCUT2D eigenvalue weighted by molar-refractivity contribution is 5.81. The van der Waals surface area contributed by atoms with Gasteiger partial charge in [0.1, 0.15) is 6.04 Å². The summed E-state index contributed by atoms with van der Waals surface area (Å²) in [5.41, 5.74) is 2.60. The van der Waals surface area contributed by atoms with Gasteiger partial charge in [-0.1, -0.05) is 24.3 Å². The number of rotatable bonds is 1. The second-order valence-corrected chi connectivity index (χ2v) is 5.55. The summed E-state index contributed by atoms with van der Waals surface area (Å²) in [5, 5.41) is 9.18. The van der Waals surface area contributed by atoms with Crippen molar-refractivity contribution in [1.29, 1.82) is 5.26 Å². The largest absolute Gasteiger partial charge is 0.326 e. The monoisotopic (exact) mass is 254 g/mol. The molecule has 1 aromatic carbocycles. The van der Waals surface area contributed by atoms with Crippen molar-refractivity contribution in [2.24, 2.45) is 5.92 Å². The molecule has 3 nitrogen and oxygen atoms in total. The van der Waals surface area contributed by atoms with Crippen LogP contribution in [0.2, 0.25) is 0 Å². The first-order valence-corrected chi connectivity index (χ1v) is 7.06. The van der Waals surface area contributed by atoms with Crippen molar-refractivity contribution < 1.29 is 4.79 Å². The van der Waals surface area contributed by atoms with Crippen molar-refractivity contribution in [3.63, 3.8) is 0 Å². The average molecular weight is 254 g/mol. The van der Waals surface area contributed by atoms with E-state index in [2.05, 4.69) is 18.2 Å². The molecule has 0 bridgehead atoms. The Morgan fingerprint density at radius 3 is 2.53 bits per heavy atom. The Bertz CT molecular complexity index is 507. The Morgan fingerprint density at radius 2 is 1.89 bits per heavy atom. The molecule has 0 radical (unpaired) electrons. The lowest BCUT2D eigenvalue weighted by atomic mass is 9.98. The van der Waals surface area contributed by atoms with Gasteiger partial charge in [-0.15, -0.1) is 0 Å². The molecule has 98 valence electrons. The van der Waals surface area contributed by atoms with Gasteiger partial charge < -0.3 is 4.90 Å². The molecule has 0 N–H and O–H groups in total. The van der Waals surface area contributed by atoms with Crippen molar-refractivity contribution in [3.05, 3.63) is 35.4 Å². The first-order chi connectivity index (χ1) is 9.29. The van der Waals surface area contributed by atoms with Crippen molar-refractivity contribution in [3.8, 4) is 6.07 Å². The van der Waals surface area contributed by atoms with Crippen LogP contribution in [-0.2, 0) is 17.6 Å². The van der Waals surface area contributed by atoms with Gasteiger partial charge in [0.15, 0.2) is 0 Å². The average Bonchev–Trinajstić information content (AvgIpc) is 2.90. The van der Waals surface area contributed by atoms with Gasteiger partial charge in [-0.05, 0) is 43.2 Å². The molecule has 1 saturated heterocycles. The van der Waals surface area contributed by atoms with Crippen LogP contribution in [0, 0.1) is 17.2 Å². The van der Waals surface area contributed by atoms with Gasteiger partial charge >= 0.3 is 0 Å². The highest BCUT2D eigenvalue weighted by Crippen LogP contribution is 2.29. The number of nitrogens with zero attached hydrogens (tertiary/aromatic N) is 2. The predicted molar refractivity (Wildman–Crippen MR) is 72.3 cm³/mol. The van der Waals surface area contributed by atoms with Gasteiger partial charge in [-0.2, -0.15) is 5.26 Å². The van der Waals surface area contributed by atoms with Gasteiger partial charge in [0.05, 0.1) is 6.07 Å². The Kier molecular flexibility index (Phi) is 3.25. The van der Waals surface area contributed by atoms with Crippen molar-refractivity contribution >= 4 is 5.91 Å². The van der Waals surface area contributed by atoms with Crippen LogP contribution < -0.4 is 0 Å². The highest BCUT2D eigenvalue weighted by atomic mass is 16.2. The molecule has 1 heterocycles. The minimum absolute atomic E-state index is 0.0475. The van der Waals surface area contributed by atoms with E-state index in [9.17, 15) is 10.1 Å². The number of nitriles is 1. The van der Waals surface area contributed by atoms with E-state index in [1.165, 1.54) is 11.1 Å². The number of piperidine rings is 1. The summed E-state index contributed by atoms with van der Waals surface area (Å²) in [6, 6.07) is 10.4.